The van der Waals surface area contributed by atoms with Gasteiger partial charge in [-0.05, 0) is 50.0 Å². The molecule has 1 aliphatic heterocycles. The Morgan fingerprint density at radius 2 is 1.87 bits per heavy atom. The number of nitrogens with zero attached hydrogens (tertiary/aromatic N) is 2. The van der Waals surface area contributed by atoms with Crippen LogP contribution in [0.1, 0.15) is 30.1 Å². The van der Waals surface area contributed by atoms with Crippen molar-refractivity contribution in [3.05, 3.63) is 66.0 Å². The lowest BCUT2D eigenvalue weighted by Gasteiger charge is -2.15. The smallest absolute Gasteiger partial charge is 0.111 e. The molecule has 0 bridgehead atoms. The minimum Gasteiger partial charge on any atom is -0.342 e. The predicted molar refractivity (Wildman–Crippen MR) is 94.7 cm³/mol. The van der Waals surface area contributed by atoms with E-state index in [9.17, 15) is 0 Å². The summed E-state index contributed by atoms with van der Waals surface area (Å²) < 4.78 is 0. The number of imidazole rings is 1. The summed E-state index contributed by atoms with van der Waals surface area (Å²) in [4.78, 5) is 10.9. The van der Waals surface area contributed by atoms with Crippen LogP contribution in [-0.4, -0.2) is 34.5 Å². The van der Waals surface area contributed by atoms with Crippen molar-refractivity contribution in [2.45, 2.75) is 25.2 Å². The standard InChI is InChI=1S/C20H23N3/c1-2-7-16(8-3-1)9-6-13-23-14-12-17(15-23)20-21-18-10-4-5-11-19(18)22-20/h1-5,7-8,10-11,17H,6,9,12-15H2,(H,21,22)/t17-/m0/s1. The van der Waals surface area contributed by atoms with Crippen molar-refractivity contribution in [1.82, 2.24) is 14.9 Å². The molecule has 1 atom stereocenters. The Balaban J connectivity index is 1.32. The Morgan fingerprint density at radius 1 is 1.04 bits per heavy atom. The van der Waals surface area contributed by atoms with E-state index in [0.29, 0.717) is 5.92 Å². The highest BCUT2D eigenvalue weighted by atomic mass is 15.2. The highest BCUT2D eigenvalue weighted by molar-refractivity contribution is 5.74. The fraction of sp³-hybridized carbons (Fsp3) is 0.350. The summed E-state index contributed by atoms with van der Waals surface area (Å²) in [6.07, 6.45) is 3.62. The molecule has 3 heteroatoms. The number of benzene rings is 2. The van der Waals surface area contributed by atoms with Gasteiger partial charge in [0.25, 0.3) is 0 Å². The maximum atomic E-state index is 4.77. The molecular formula is C20H23N3. The molecule has 1 saturated heterocycles. The van der Waals surface area contributed by atoms with E-state index < -0.39 is 0 Å². The van der Waals surface area contributed by atoms with Crippen LogP contribution in [0.4, 0.5) is 0 Å². The molecule has 4 rings (SSSR count). The van der Waals surface area contributed by atoms with Crippen molar-refractivity contribution in [2.75, 3.05) is 19.6 Å². The fourth-order valence-electron chi connectivity index (χ4n) is 3.58. The number of likely N-dealkylation sites (tertiary alicyclic amines) is 1. The third kappa shape index (κ3) is 3.30. The zero-order chi connectivity index (χ0) is 15.5. The predicted octanol–water partition coefficient (Wildman–Crippen LogP) is 3.99. The Bertz CT molecular complexity index is 730. The maximum Gasteiger partial charge on any atom is 0.111 e. The van der Waals surface area contributed by atoms with Crippen LogP contribution in [0.3, 0.4) is 0 Å². The molecular weight excluding hydrogens is 282 g/mol. The molecule has 0 amide bonds. The Hall–Kier alpha value is -2.13. The van der Waals surface area contributed by atoms with E-state index in [1.807, 2.05) is 0 Å². The van der Waals surface area contributed by atoms with E-state index in [4.69, 9.17) is 4.98 Å². The first kappa shape index (κ1) is 14.5. The number of fused-ring (bicyclic) bond motifs is 1. The zero-order valence-electron chi connectivity index (χ0n) is 13.4. The topological polar surface area (TPSA) is 31.9 Å². The van der Waals surface area contributed by atoms with Crippen LogP contribution in [0.5, 0.6) is 0 Å². The van der Waals surface area contributed by atoms with Gasteiger partial charge >= 0.3 is 0 Å². The Morgan fingerprint density at radius 3 is 2.74 bits per heavy atom. The SMILES string of the molecule is c1ccc(CCCN2CC[C@H](c3nc4ccccc4[nH]3)C2)cc1. The average Bonchev–Trinajstić information content (AvgIpc) is 3.22. The highest BCUT2D eigenvalue weighted by Crippen LogP contribution is 2.27. The maximum absolute atomic E-state index is 4.77. The van der Waals surface area contributed by atoms with Gasteiger partial charge in [0.1, 0.15) is 5.82 Å². The molecule has 23 heavy (non-hydrogen) atoms. The number of nitrogens with one attached hydrogen (secondary N) is 1. The van der Waals surface area contributed by atoms with E-state index in [0.717, 1.165) is 23.4 Å². The third-order valence-electron chi connectivity index (χ3n) is 4.85. The molecule has 1 aliphatic rings. The molecule has 2 heterocycles. The van der Waals surface area contributed by atoms with Crippen molar-refractivity contribution < 1.29 is 0 Å². The van der Waals surface area contributed by atoms with Crippen molar-refractivity contribution >= 4 is 11.0 Å². The van der Waals surface area contributed by atoms with E-state index in [-0.39, 0.29) is 0 Å². The van der Waals surface area contributed by atoms with Crippen molar-refractivity contribution in [2.24, 2.45) is 0 Å². The normalized spacial score (nSPS) is 18.7. The van der Waals surface area contributed by atoms with Crippen LogP contribution in [0.25, 0.3) is 11.0 Å². The van der Waals surface area contributed by atoms with Gasteiger partial charge in [-0.2, -0.15) is 0 Å². The van der Waals surface area contributed by atoms with Crippen molar-refractivity contribution in [3.63, 3.8) is 0 Å². The summed E-state index contributed by atoms with van der Waals surface area (Å²) in [7, 11) is 0. The number of aromatic amines is 1. The van der Waals surface area contributed by atoms with E-state index in [1.54, 1.807) is 0 Å². The summed E-state index contributed by atoms with van der Waals surface area (Å²) in [6.45, 7) is 3.51. The summed E-state index contributed by atoms with van der Waals surface area (Å²) in [5.74, 6) is 1.72. The van der Waals surface area contributed by atoms with Crippen molar-refractivity contribution in [1.29, 1.82) is 0 Å². The minimum absolute atomic E-state index is 0.555. The van der Waals surface area contributed by atoms with Gasteiger partial charge in [-0.3, -0.25) is 0 Å². The molecule has 3 nitrogen and oxygen atoms in total. The Kier molecular flexibility index (Phi) is 4.12. The number of aromatic nitrogens is 2. The first-order chi connectivity index (χ1) is 11.4. The van der Waals surface area contributed by atoms with E-state index in [2.05, 4.69) is 64.5 Å². The molecule has 0 aliphatic carbocycles. The number of hydrogen-bond acceptors (Lipinski definition) is 2. The monoisotopic (exact) mass is 305 g/mol. The summed E-state index contributed by atoms with van der Waals surface area (Å²) in [5, 5.41) is 0. The second-order valence-corrected chi connectivity index (χ2v) is 6.51. The lowest BCUT2D eigenvalue weighted by atomic mass is 10.1. The van der Waals surface area contributed by atoms with Crippen LogP contribution >= 0.6 is 0 Å². The number of para-hydroxylation sites is 2. The van der Waals surface area contributed by atoms with Gasteiger partial charge in [0, 0.05) is 12.5 Å². The molecule has 3 aromatic rings. The molecule has 118 valence electrons. The molecule has 0 spiro atoms. The molecule has 0 unspecified atom stereocenters. The number of hydrogen-bond donors (Lipinski definition) is 1. The lowest BCUT2D eigenvalue weighted by Crippen LogP contribution is -2.22. The quantitative estimate of drug-likeness (QED) is 0.773. The van der Waals surface area contributed by atoms with Crippen LogP contribution in [0.15, 0.2) is 54.6 Å². The highest BCUT2D eigenvalue weighted by Gasteiger charge is 2.25. The fourth-order valence-corrected chi connectivity index (χ4v) is 3.58. The van der Waals surface area contributed by atoms with Gasteiger partial charge in [-0.25, -0.2) is 4.98 Å². The van der Waals surface area contributed by atoms with Gasteiger partial charge in [-0.1, -0.05) is 42.5 Å². The van der Waals surface area contributed by atoms with Crippen LogP contribution in [0.2, 0.25) is 0 Å². The average molecular weight is 305 g/mol. The molecule has 1 N–H and O–H groups in total. The van der Waals surface area contributed by atoms with Crippen molar-refractivity contribution in [3.8, 4) is 0 Å². The minimum atomic E-state index is 0.555. The number of rotatable bonds is 5. The Labute approximate surface area is 137 Å². The summed E-state index contributed by atoms with van der Waals surface area (Å²) in [6, 6.07) is 19.1. The second-order valence-electron chi connectivity index (χ2n) is 6.51. The van der Waals surface area contributed by atoms with Crippen LogP contribution in [-0.2, 0) is 6.42 Å². The number of aryl methyl sites for hydroxylation is 1. The lowest BCUT2D eigenvalue weighted by molar-refractivity contribution is 0.328. The van der Waals surface area contributed by atoms with Gasteiger partial charge in [-0.15, -0.1) is 0 Å². The molecule has 1 fully saturated rings. The summed E-state index contributed by atoms with van der Waals surface area (Å²) in [5.41, 5.74) is 3.69. The third-order valence-corrected chi connectivity index (χ3v) is 4.85. The van der Waals surface area contributed by atoms with Gasteiger partial charge in [0.15, 0.2) is 0 Å². The number of H-pyrrole nitrogens is 1. The van der Waals surface area contributed by atoms with E-state index in [1.165, 1.54) is 37.9 Å². The first-order valence-corrected chi connectivity index (χ1v) is 8.59. The van der Waals surface area contributed by atoms with Crippen LogP contribution in [0, 0.1) is 0 Å². The first-order valence-electron chi connectivity index (χ1n) is 8.59. The van der Waals surface area contributed by atoms with Gasteiger partial charge < -0.3 is 9.88 Å². The summed E-state index contributed by atoms with van der Waals surface area (Å²) >= 11 is 0. The van der Waals surface area contributed by atoms with Gasteiger partial charge in [0.05, 0.1) is 11.0 Å². The largest absolute Gasteiger partial charge is 0.342 e. The molecule has 0 saturated carbocycles. The van der Waals surface area contributed by atoms with E-state index >= 15 is 0 Å². The van der Waals surface area contributed by atoms with Gasteiger partial charge in [0.2, 0.25) is 0 Å². The van der Waals surface area contributed by atoms with Crippen LogP contribution < -0.4 is 0 Å². The zero-order valence-corrected chi connectivity index (χ0v) is 13.4. The molecule has 1 aromatic heterocycles. The molecule has 0 radical (unpaired) electrons. The second kappa shape index (κ2) is 6.55. The molecule has 2 aromatic carbocycles.